The molecule has 0 aliphatic heterocycles. The predicted octanol–water partition coefficient (Wildman–Crippen LogP) is 22.1. The van der Waals surface area contributed by atoms with Crippen LogP contribution in [0.2, 0.25) is 0 Å². The van der Waals surface area contributed by atoms with E-state index in [0.717, 1.165) is 64.2 Å². The lowest BCUT2D eigenvalue weighted by Crippen LogP contribution is -2.30. The number of ether oxygens (including phenoxy) is 3. The van der Waals surface area contributed by atoms with E-state index >= 15 is 0 Å². The maximum Gasteiger partial charge on any atom is 0.306 e. The normalized spacial score (nSPS) is 12.0. The average molecular weight is 1020 g/mol. The molecule has 0 radical (unpaired) electrons. The van der Waals surface area contributed by atoms with Crippen LogP contribution in [0.4, 0.5) is 0 Å². The highest BCUT2D eigenvalue weighted by Crippen LogP contribution is 2.18. The molecule has 0 bridgehead atoms. The Balaban J connectivity index is 4.25. The Morgan fingerprint density at radius 1 is 0.264 bits per heavy atom. The first-order chi connectivity index (χ1) is 35.5. The zero-order valence-corrected chi connectivity index (χ0v) is 49.0. The Hall–Kier alpha value is -1.85. The molecular weight excluding hydrogens is 889 g/mol. The van der Waals surface area contributed by atoms with Gasteiger partial charge in [-0.25, -0.2) is 0 Å². The summed E-state index contributed by atoms with van der Waals surface area (Å²) >= 11 is 0. The van der Waals surface area contributed by atoms with Crippen LogP contribution in [0, 0.1) is 0 Å². The van der Waals surface area contributed by atoms with E-state index in [2.05, 4.69) is 32.9 Å². The SMILES string of the molecule is CCCCCC/C=C\CCCCCCCC(=O)OCC(COC(=O)CCCCCCCCCCCCCCCCCCCCCCC)OC(=O)CCCCCCCCCCCCCCCCCCCCCC. The Labute approximate surface area is 450 Å². The summed E-state index contributed by atoms with van der Waals surface area (Å²) in [6.45, 7) is 6.70. The fraction of sp³-hybridized carbons (Fsp3) is 0.924. The van der Waals surface area contributed by atoms with Gasteiger partial charge in [-0.1, -0.05) is 322 Å². The van der Waals surface area contributed by atoms with Gasteiger partial charge >= 0.3 is 17.9 Å². The van der Waals surface area contributed by atoms with Gasteiger partial charge < -0.3 is 14.2 Å². The molecule has 0 rings (SSSR count). The number of hydrogen-bond donors (Lipinski definition) is 0. The quantitative estimate of drug-likeness (QED) is 0.0261. The molecule has 0 fully saturated rings. The molecule has 1 unspecified atom stereocenters. The minimum Gasteiger partial charge on any atom is -0.462 e. The zero-order chi connectivity index (χ0) is 52.2. The highest BCUT2D eigenvalue weighted by atomic mass is 16.6. The van der Waals surface area contributed by atoms with Crippen molar-refractivity contribution in [2.45, 2.75) is 380 Å². The summed E-state index contributed by atoms with van der Waals surface area (Å²) in [6, 6.07) is 0. The molecule has 0 saturated heterocycles. The molecule has 0 aliphatic rings. The molecular formula is C66H126O6. The average Bonchev–Trinajstić information content (AvgIpc) is 3.38. The standard InChI is InChI=1S/C66H126O6/c1-4-7-10-13-16-19-22-25-27-29-31-33-35-36-38-41-44-47-50-53-56-59-65(68)71-62-63(61-70-64(67)58-55-52-49-46-43-40-24-21-18-15-12-9-6-3)72-66(69)60-57-54-51-48-45-42-39-37-34-32-30-28-26-23-20-17-14-11-8-5-2/h21,24,63H,4-20,22-23,25-62H2,1-3H3/b24-21-. The molecule has 0 heterocycles. The second-order valence-corrected chi connectivity index (χ2v) is 22.4. The fourth-order valence-corrected chi connectivity index (χ4v) is 10.1. The molecule has 1 atom stereocenters. The topological polar surface area (TPSA) is 78.9 Å². The molecule has 0 aromatic heterocycles. The molecule has 0 N–H and O–H groups in total. The summed E-state index contributed by atoms with van der Waals surface area (Å²) in [5.74, 6) is -0.844. The summed E-state index contributed by atoms with van der Waals surface area (Å²) in [5.41, 5.74) is 0. The maximum atomic E-state index is 12.9. The van der Waals surface area contributed by atoms with Crippen molar-refractivity contribution in [1.29, 1.82) is 0 Å². The first-order valence-corrected chi connectivity index (χ1v) is 32.7. The highest BCUT2D eigenvalue weighted by Gasteiger charge is 2.19. The molecule has 0 aromatic rings. The van der Waals surface area contributed by atoms with Crippen molar-refractivity contribution < 1.29 is 28.6 Å². The van der Waals surface area contributed by atoms with E-state index < -0.39 is 6.10 Å². The summed E-state index contributed by atoms with van der Waals surface area (Å²) < 4.78 is 16.9. The number of rotatable bonds is 61. The van der Waals surface area contributed by atoms with Gasteiger partial charge in [0.15, 0.2) is 6.10 Å². The van der Waals surface area contributed by atoms with Gasteiger partial charge in [0.05, 0.1) is 0 Å². The van der Waals surface area contributed by atoms with E-state index in [0.29, 0.717) is 19.3 Å². The Bertz CT molecular complexity index is 1120. The van der Waals surface area contributed by atoms with Gasteiger partial charge in [0.25, 0.3) is 0 Å². The van der Waals surface area contributed by atoms with Crippen LogP contribution in [0.5, 0.6) is 0 Å². The Morgan fingerprint density at radius 3 is 0.708 bits per heavy atom. The number of unbranched alkanes of at least 4 members (excludes halogenated alkanes) is 48. The van der Waals surface area contributed by atoms with Crippen molar-refractivity contribution in [3.8, 4) is 0 Å². The van der Waals surface area contributed by atoms with Gasteiger partial charge in [-0.15, -0.1) is 0 Å². The van der Waals surface area contributed by atoms with Crippen LogP contribution in [-0.4, -0.2) is 37.2 Å². The first kappa shape index (κ1) is 70.1. The van der Waals surface area contributed by atoms with Crippen LogP contribution in [0.3, 0.4) is 0 Å². The number of allylic oxidation sites excluding steroid dienone is 2. The first-order valence-electron chi connectivity index (χ1n) is 32.7. The summed E-state index contributed by atoms with van der Waals surface area (Å²) in [4.78, 5) is 38.3. The molecule has 0 spiro atoms. The second kappa shape index (κ2) is 61.7. The van der Waals surface area contributed by atoms with E-state index in [1.54, 1.807) is 0 Å². The summed E-state index contributed by atoms with van der Waals surface area (Å²) in [7, 11) is 0. The van der Waals surface area contributed by atoms with Gasteiger partial charge in [0.2, 0.25) is 0 Å². The number of esters is 3. The fourth-order valence-electron chi connectivity index (χ4n) is 10.1. The van der Waals surface area contributed by atoms with E-state index in [9.17, 15) is 14.4 Å². The van der Waals surface area contributed by atoms with E-state index in [1.165, 1.54) is 270 Å². The van der Waals surface area contributed by atoms with Crippen molar-refractivity contribution in [2.24, 2.45) is 0 Å². The van der Waals surface area contributed by atoms with Crippen LogP contribution in [0.1, 0.15) is 374 Å². The van der Waals surface area contributed by atoms with Gasteiger partial charge in [0, 0.05) is 19.3 Å². The van der Waals surface area contributed by atoms with Crippen molar-refractivity contribution >= 4 is 17.9 Å². The van der Waals surface area contributed by atoms with Crippen LogP contribution in [0.15, 0.2) is 12.2 Å². The van der Waals surface area contributed by atoms with Crippen molar-refractivity contribution in [1.82, 2.24) is 0 Å². The Kier molecular flexibility index (Phi) is 60.1. The van der Waals surface area contributed by atoms with E-state index in [-0.39, 0.29) is 31.1 Å². The molecule has 0 saturated carbocycles. The number of carbonyl (C=O) groups excluding carboxylic acids is 3. The van der Waals surface area contributed by atoms with Crippen LogP contribution in [0.25, 0.3) is 0 Å². The molecule has 0 aliphatic carbocycles. The van der Waals surface area contributed by atoms with Crippen molar-refractivity contribution in [2.75, 3.05) is 13.2 Å². The third-order valence-electron chi connectivity index (χ3n) is 15.0. The van der Waals surface area contributed by atoms with Crippen LogP contribution >= 0.6 is 0 Å². The zero-order valence-electron chi connectivity index (χ0n) is 49.0. The summed E-state index contributed by atoms with van der Waals surface area (Å²) in [6.07, 6.45) is 72.2. The van der Waals surface area contributed by atoms with Crippen molar-refractivity contribution in [3.63, 3.8) is 0 Å². The molecule has 72 heavy (non-hydrogen) atoms. The summed E-state index contributed by atoms with van der Waals surface area (Å²) in [5, 5.41) is 0. The maximum absolute atomic E-state index is 12.9. The highest BCUT2D eigenvalue weighted by molar-refractivity contribution is 5.71. The monoisotopic (exact) mass is 1010 g/mol. The molecule has 426 valence electrons. The smallest absolute Gasteiger partial charge is 0.306 e. The largest absolute Gasteiger partial charge is 0.462 e. The Morgan fingerprint density at radius 2 is 0.458 bits per heavy atom. The third kappa shape index (κ3) is 59.0. The van der Waals surface area contributed by atoms with E-state index in [4.69, 9.17) is 14.2 Å². The number of hydrogen-bond acceptors (Lipinski definition) is 6. The molecule has 6 heteroatoms. The minimum atomic E-state index is -0.769. The minimum absolute atomic E-state index is 0.0659. The lowest BCUT2D eigenvalue weighted by atomic mass is 10.0. The van der Waals surface area contributed by atoms with Crippen molar-refractivity contribution in [3.05, 3.63) is 12.2 Å². The second-order valence-electron chi connectivity index (χ2n) is 22.4. The number of carbonyl (C=O) groups is 3. The third-order valence-corrected chi connectivity index (χ3v) is 15.0. The van der Waals surface area contributed by atoms with Gasteiger partial charge in [-0.05, 0) is 44.9 Å². The molecule has 0 aromatic carbocycles. The molecule has 6 nitrogen and oxygen atoms in total. The van der Waals surface area contributed by atoms with E-state index in [1.807, 2.05) is 0 Å². The molecule has 0 amide bonds. The lowest BCUT2D eigenvalue weighted by Gasteiger charge is -2.18. The van der Waals surface area contributed by atoms with Gasteiger partial charge in [-0.2, -0.15) is 0 Å². The van der Waals surface area contributed by atoms with Gasteiger partial charge in [-0.3, -0.25) is 14.4 Å². The van der Waals surface area contributed by atoms with Crippen LogP contribution in [-0.2, 0) is 28.6 Å². The van der Waals surface area contributed by atoms with Gasteiger partial charge in [0.1, 0.15) is 13.2 Å². The lowest BCUT2D eigenvalue weighted by molar-refractivity contribution is -0.167. The van der Waals surface area contributed by atoms with Crippen LogP contribution < -0.4 is 0 Å². The predicted molar refractivity (Wildman–Crippen MR) is 312 cm³/mol.